The zero-order chi connectivity index (χ0) is 16.6. The van der Waals surface area contributed by atoms with Crippen LogP contribution in [0.15, 0.2) is 30.5 Å². The second-order valence-corrected chi connectivity index (χ2v) is 7.09. The second kappa shape index (κ2) is 6.16. The summed E-state index contributed by atoms with van der Waals surface area (Å²) in [7, 11) is 0. The average Bonchev–Trinajstić information content (AvgIpc) is 3.06. The monoisotopic (exact) mass is 328 g/mol. The van der Waals surface area contributed by atoms with E-state index in [1.54, 1.807) is 0 Å². The molecule has 0 fully saturated rings. The van der Waals surface area contributed by atoms with Gasteiger partial charge in [0.25, 0.3) is 0 Å². The van der Waals surface area contributed by atoms with E-state index >= 15 is 0 Å². The lowest BCUT2D eigenvalue weighted by Gasteiger charge is -2.05. The number of aromatic nitrogens is 2. The molecular weight excluding hydrogens is 308 g/mol. The van der Waals surface area contributed by atoms with Gasteiger partial charge in [-0.2, -0.15) is 0 Å². The molecular formula is C18H20N2O2S. The number of hydrogen-bond donors (Lipinski definition) is 1. The number of rotatable bonds is 5. The number of imidazole rings is 1. The Kier molecular flexibility index (Phi) is 4.22. The molecule has 3 aromatic rings. The molecule has 0 amide bonds. The van der Waals surface area contributed by atoms with E-state index in [1.165, 1.54) is 16.9 Å². The van der Waals surface area contributed by atoms with E-state index in [0.717, 1.165) is 34.8 Å². The Morgan fingerprint density at radius 3 is 2.57 bits per heavy atom. The highest BCUT2D eigenvalue weighted by Gasteiger charge is 2.20. The first kappa shape index (κ1) is 15.7. The van der Waals surface area contributed by atoms with E-state index in [1.807, 2.05) is 10.6 Å². The first-order valence-corrected chi connectivity index (χ1v) is 8.64. The fourth-order valence-electron chi connectivity index (χ4n) is 2.68. The predicted octanol–water partition coefficient (Wildman–Crippen LogP) is 4.52. The molecule has 1 N–H and O–H groups in total. The van der Waals surface area contributed by atoms with Crippen molar-refractivity contribution in [3.05, 3.63) is 46.6 Å². The first-order valence-electron chi connectivity index (χ1n) is 7.83. The van der Waals surface area contributed by atoms with Gasteiger partial charge in [0.1, 0.15) is 4.88 Å². The third-order valence-corrected chi connectivity index (χ3v) is 4.96. The molecule has 0 spiro atoms. The Bertz CT molecular complexity index is 844. The molecule has 120 valence electrons. The SMILES string of the molecule is CCc1ccc(-c2cn3c(CC(C)C)c(C(=O)O)sc3n2)cc1. The minimum absolute atomic E-state index is 0.389. The number of carbonyl (C=O) groups is 1. The van der Waals surface area contributed by atoms with Crippen LogP contribution in [-0.2, 0) is 12.8 Å². The number of benzene rings is 1. The summed E-state index contributed by atoms with van der Waals surface area (Å²) in [4.78, 5) is 17.2. The van der Waals surface area contributed by atoms with Gasteiger partial charge in [-0.3, -0.25) is 4.40 Å². The van der Waals surface area contributed by atoms with Crippen LogP contribution in [0.2, 0.25) is 0 Å². The Morgan fingerprint density at radius 1 is 1.30 bits per heavy atom. The Labute approximate surface area is 139 Å². The molecule has 0 saturated carbocycles. The summed E-state index contributed by atoms with van der Waals surface area (Å²) in [6.45, 7) is 6.32. The zero-order valence-corrected chi connectivity index (χ0v) is 14.4. The first-order chi connectivity index (χ1) is 11.0. The molecule has 0 bridgehead atoms. The summed E-state index contributed by atoms with van der Waals surface area (Å²) in [6, 6.07) is 8.37. The van der Waals surface area contributed by atoms with Gasteiger partial charge >= 0.3 is 5.97 Å². The van der Waals surface area contributed by atoms with E-state index < -0.39 is 5.97 Å². The maximum absolute atomic E-state index is 11.5. The largest absolute Gasteiger partial charge is 0.477 e. The molecule has 0 radical (unpaired) electrons. The lowest BCUT2D eigenvalue weighted by molar-refractivity contribution is 0.0700. The van der Waals surface area contributed by atoms with Gasteiger partial charge in [0.05, 0.1) is 5.69 Å². The van der Waals surface area contributed by atoms with Crippen LogP contribution in [0.3, 0.4) is 0 Å². The molecule has 5 heteroatoms. The molecule has 0 aliphatic rings. The van der Waals surface area contributed by atoms with Crippen molar-refractivity contribution in [1.29, 1.82) is 0 Å². The van der Waals surface area contributed by atoms with Crippen LogP contribution in [0, 0.1) is 5.92 Å². The van der Waals surface area contributed by atoms with Crippen molar-refractivity contribution in [2.24, 2.45) is 5.92 Å². The van der Waals surface area contributed by atoms with Crippen LogP contribution in [0.5, 0.6) is 0 Å². The number of carboxylic acid groups (broad SMARTS) is 1. The highest BCUT2D eigenvalue weighted by molar-refractivity contribution is 7.19. The third kappa shape index (κ3) is 3.01. The second-order valence-electron chi connectivity index (χ2n) is 6.11. The summed E-state index contributed by atoms with van der Waals surface area (Å²) in [5, 5.41) is 9.41. The molecule has 0 aliphatic heterocycles. The van der Waals surface area contributed by atoms with Crippen molar-refractivity contribution in [2.75, 3.05) is 0 Å². The maximum atomic E-state index is 11.5. The van der Waals surface area contributed by atoms with Gasteiger partial charge in [-0.25, -0.2) is 9.78 Å². The Morgan fingerprint density at radius 2 is 2.00 bits per heavy atom. The van der Waals surface area contributed by atoms with Gasteiger partial charge in [-0.15, -0.1) is 0 Å². The Hall–Kier alpha value is -2.14. The Balaban J connectivity index is 2.07. The average molecular weight is 328 g/mol. The van der Waals surface area contributed by atoms with Crippen LogP contribution in [-0.4, -0.2) is 20.5 Å². The van der Waals surface area contributed by atoms with Crippen molar-refractivity contribution in [3.63, 3.8) is 0 Å². The van der Waals surface area contributed by atoms with E-state index in [0.29, 0.717) is 10.8 Å². The fraction of sp³-hybridized carbons (Fsp3) is 0.333. The van der Waals surface area contributed by atoms with E-state index in [2.05, 4.69) is 50.0 Å². The highest BCUT2D eigenvalue weighted by atomic mass is 32.1. The summed E-state index contributed by atoms with van der Waals surface area (Å²) in [5.74, 6) is -0.481. The molecule has 0 unspecified atom stereocenters. The van der Waals surface area contributed by atoms with Gasteiger partial charge in [0.15, 0.2) is 4.96 Å². The van der Waals surface area contributed by atoms with E-state index in [-0.39, 0.29) is 0 Å². The van der Waals surface area contributed by atoms with Crippen LogP contribution >= 0.6 is 11.3 Å². The molecule has 0 saturated heterocycles. The molecule has 23 heavy (non-hydrogen) atoms. The van der Waals surface area contributed by atoms with Crippen LogP contribution in [0.4, 0.5) is 0 Å². The molecule has 4 nitrogen and oxygen atoms in total. The quantitative estimate of drug-likeness (QED) is 0.749. The molecule has 2 heterocycles. The number of fused-ring (bicyclic) bond motifs is 1. The van der Waals surface area contributed by atoms with Gasteiger partial charge in [0, 0.05) is 17.5 Å². The summed E-state index contributed by atoms with van der Waals surface area (Å²) in [5.41, 5.74) is 4.09. The summed E-state index contributed by atoms with van der Waals surface area (Å²) < 4.78 is 1.94. The van der Waals surface area contributed by atoms with Gasteiger partial charge in [0.2, 0.25) is 0 Å². The number of nitrogens with zero attached hydrogens (tertiary/aromatic N) is 2. The molecule has 0 atom stereocenters. The molecule has 0 aliphatic carbocycles. The van der Waals surface area contributed by atoms with Crippen LogP contribution in [0.1, 0.15) is 41.7 Å². The van der Waals surface area contributed by atoms with Gasteiger partial charge in [-0.05, 0) is 24.3 Å². The van der Waals surface area contributed by atoms with Gasteiger partial charge < -0.3 is 5.11 Å². The summed E-state index contributed by atoms with van der Waals surface area (Å²) >= 11 is 1.25. The van der Waals surface area contributed by atoms with Crippen molar-refractivity contribution < 1.29 is 9.90 Å². The van der Waals surface area contributed by atoms with Crippen molar-refractivity contribution in [2.45, 2.75) is 33.6 Å². The molecule has 1 aromatic carbocycles. The lowest BCUT2D eigenvalue weighted by atomic mass is 10.1. The fourth-order valence-corrected chi connectivity index (χ4v) is 3.66. The van der Waals surface area contributed by atoms with Crippen LogP contribution < -0.4 is 0 Å². The molecule has 2 aromatic heterocycles. The number of thiazole rings is 1. The lowest BCUT2D eigenvalue weighted by Crippen LogP contribution is -2.04. The van der Waals surface area contributed by atoms with E-state index in [4.69, 9.17) is 0 Å². The van der Waals surface area contributed by atoms with E-state index in [9.17, 15) is 9.90 Å². The topological polar surface area (TPSA) is 54.6 Å². The number of hydrogen-bond acceptors (Lipinski definition) is 3. The number of carboxylic acids is 1. The van der Waals surface area contributed by atoms with Gasteiger partial charge in [-0.1, -0.05) is 56.4 Å². The number of aromatic carboxylic acids is 1. The minimum atomic E-state index is -0.870. The van der Waals surface area contributed by atoms with Crippen molar-refractivity contribution >= 4 is 22.3 Å². The minimum Gasteiger partial charge on any atom is -0.477 e. The zero-order valence-electron chi connectivity index (χ0n) is 13.5. The molecule has 3 rings (SSSR count). The summed E-state index contributed by atoms with van der Waals surface area (Å²) in [6.07, 6.45) is 3.70. The van der Waals surface area contributed by atoms with Crippen molar-refractivity contribution in [1.82, 2.24) is 9.38 Å². The smallest absolute Gasteiger partial charge is 0.347 e. The standard InChI is InChI=1S/C18H20N2O2S/c1-4-12-5-7-13(8-6-12)14-10-20-15(9-11(2)3)16(17(21)22)23-18(20)19-14/h5-8,10-11H,4,9H2,1-3H3,(H,21,22). The third-order valence-electron chi connectivity index (χ3n) is 3.87. The van der Waals surface area contributed by atoms with Crippen molar-refractivity contribution in [3.8, 4) is 11.3 Å². The highest BCUT2D eigenvalue weighted by Crippen LogP contribution is 2.29. The normalized spacial score (nSPS) is 11.5. The predicted molar refractivity (Wildman–Crippen MR) is 93.4 cm³/mol. The maximum Gasteiger partial charge on any atom is 0.347 e. The van der Waals surface area contributed by atoms with Crippen LogP contribution in [0.25, 0.3) is 16.2 Å². The number of aryl methyl sites for hydroxylation is 1.